The number of carbonyl (C=O) groups is 2. The zero-order valence-corrected chi connectivity index (χ0v) is 19.6. The average Bonchev–Trinajstić information content (AvgIpc) is 2.89. The summed E-state index contributed by atoms with van der Waals surface area (Å²) in [5.41, 5.74) is 4.59. The van der Waals surface area contributed by atoms with E-state index in [4.69, 9.17) is 14.2 Å². The molecule has 0 radical (unpaired) electrons. The topological polar surface area (TPSA) is 61.8 Å². The van der Waals surface area contributed by atoms with E-state index in [9.17, 15) is 9.59 Å². The molecule has 5 heteroatoms. The zero-order chi connectivity index (χ0) is 24.3. The summed E-state index contributed by atoms with van der Waals surface area (Å²) in [4.78, 5) is 24.7. The van der Waals surface area contributed by atoms with E-state index in [-0.39, 0.29) is 12.4 Å². The van der Waals surface area contributed by atoms with Crippen molar-refractivity contribution in [1.82, 2.24) is 0 Å². The summed E-state index contributed by atoms with van der Waals surface area (Å²) in [6.45, 7) is 2.34. The van der Waals surface area contributed by atoms with Gasteiger partial charge in [-0.1, -0.05) is 61.5 Å². The fraction of sp³-hybridized carbons (Fsp3) is 0.172. The molecule has 174 valence electrons. The molecule has 3 rings (SSSR count). The van der Waals surface area contributed by atoms with Crippen LogP contribution in [0.25, 0.3) is 11.6 Å². The lowest BCUT2D eigenvalue weighted by molar-refractivity contribution is -0.133. The number of hydrogen-bond donors (Lipinski definition) is 0. The van der Waals surface area contributed by atoms with E-state index in [1.807, 2.05) is 42.5 Å². The number of allylic oxidation sites excluding steroid dienone is 1. The van der Waals surface area contributed by atoms with Gasteiger partial charge >= 0.3 is 5.97 Å². The maximum Gasteiger partial charge on any atom is 0.341 e. The monoisotopic (exact) mass is 456 g/mol. The number of ketones is 1. The first-order valence-electron chi connectivity index (χ1n) is 11.0. The predicted molar refractivity (Wildman–Crippen MR) is 133 cm³/mol. The van der Waals surface area contributed by atoms with Crippen LogP contribution in [-0.2, 0) is 27.3 Å². The number of benzene rings is 3. The van der Waals surface area contributed by atoms with E-state index in [0.717, 1.165) is 17.5 Å². The molecule has 34 heavy (non-hydrogen) atoms. The van der Waals surface area contributed by atoms with Crippen molar-refractivity contribution in [3.05, 3.63) is 113 Å². The number of methoxy groups -OCH3 is 2. The summed E-state index contributed by atoms with van der Waals surface area (Å²) in [5, 5.41) is 0. The van der Waals surface area contributed by atoms with Gasteiger partial charge < -0.3 is 14.2 Å². The molecule has 0 bridgehead atoms. The van der Waals surface area contributed by atoms with Crippen LogP contribution in [0.3, 0.4) is 0 Å². The van der Waals surface area contributed by atoms with Crippen LogP contribution in [0.1, 0.15) is 39.5 Å². The summed E-state index contributed by atoms with van der Waals surface area (Å²) in [6.07, 6.45) is 5.73. The van der Waals surface area contributed by atoms with Gasteiger partial charge in [-0.25, -0.2) is 4.79 Å². The second-order valence-corrected chi connectivity index (χ2v) is 7.52. The zero-order valence-electron chi connectivity index (χ0n) is 19.6. The van der Waals surface area contributed by atoms with Crippen molar-refractivity contribution in [2.24, 2.45) is 0 Å². The Bertz CT molecular complexity index is 1170. The van der Waals surface area contributed by atoms with Gasteiger partial charge in [-0.2, -0.15) is 0 Å². The predicted octanol–water partition coefficient (Wildman–Crippen LogP) is 5.88. The van der Waals surface area contributed by atoms with Crippen LogP contribution in [0.4, 0.5) is 0 Å². The van der Waals surface area contributed by atoms with Crippen LogP contribution in [-0.4, -0.2) is 26.0 Å². The lowest BCUT2D eigenvalue weighted by atomic mass is 10.0. The lowest BCUT2D eigenvalue weighted by Crippen LogP contribution is -2.08. The summed E-state index contributed by atoms with van der Waals surface area (Å²) < 4.78 is 15.8. The van der Waals surface area contributed by atoms with E-state index < -0.39 is 5.97 Å². The molecule has 0 saturated heterocycles. The van der Waals surface area contributed by atoms with E-state index in [0.29, 0.717) is 22.4 Å². The van der Waals surface area contributed by atoms with Crippen LogP contribution in [0, 0.1) is 0 Å². The van der Waals surface area contributed by atoms with Crippen molar-refractivity contribution in [2.75, 3.05) is 14.2 Å². The molecule has 0 unspecified atom stereocenters. The van der Waals surface area contributed by atoms with Gasteiger partial charge in [-0.3, -0.25) is 4.79 Å². The Labute approximate surface area is 200 Å². The van der Waals surface area contributed by atoms with Crippen LogP contribution < -0.4 is 4.74 Å². The van der Waals surface area contributed by atoms with Gasteiger partial charge in [0, 0.05) is 5.56 Å². The Morgan fingerprint density at radius 3 is 2.24 bits per heavy atom. The largest absolute Gasteiger partial charge is 0.503 e. The molecule has 0 heterocycles. The Morgan fingerprint density at radius 1 is 0.882 bits per heavy atom. The first-order valence-corrected chi connectivity index (χ1v) is 11.0. The second kappa shape index (κ2) is 12.2. The number of carbonyl (C=O) groups excluding carboxylic acids is 2. The molecular weight excluding hydrogens is 428 g/mol. The van der Waals surface area contributed by atoms with Crippen molar-refractivity contribution >= 4 is 23.4 Å². The van der Waals surface area contributed by atoms with Gasteiger partial charge in [-0.15, -0.1) is 0 Å². The number of hydrogen-bond acceptors (Lipinski definition) is 5. The van der Waals surface area contributed by atoms with Gasteiger partial charge in [0.1, 0.15) is 17.9 Å². The van der Waals surface area contributed by atoms with Crippen molar-refractivity contribution in [3.8, 4) is 5.75 Å². The van der Waals surface area contributed by atoms with E-state index in [1.165, 1.54) is 26.0 Å². The molecule has 0 aliphatic carbocycles. The van der Waals surface area contributed by atoms with Crippen molar-refractivity contribution in [2.45, 2.75) is 20.0 Å². The first-order chi connectivity index (χ1) is 16.5. The quantitative estimate of drug-likeness (QED) is 0.165. The molecule has 0 aliphatic heterocycles. The number of esters is 1. The highest BCUT2D eigenvalue weighted by molar-refractivity contribution is 6.16. The molecular formula is C29H28O5. The lowest BCUT2D eigenvalue weighted by Gasteiger charge is -2.13. The molecule has 0 fully saturated rings. The van der Waals surface area contributed by atoms with Crippen molar-refractivity contribution in [1.29, 1.82) is 0 Å². The van der Waals surface area contributed by atoms with Gasteiger partial charge in [0.15, 0.2) is 5.78 Å². The number of aryl methyl sites for hydroxylation is 1. The Kier molecular flexibility index (Phi) is 8.81. The molecule has 5 nitrogen and oxygen atoms in total. The van der Waals surface area contributed by atoms with E-state index in [2.05, 4.69) is 19.1 Å². The van der Waals surface area contributed by atoms with Crippen molar-refractivity contribution < 1.29 is 23.8 Å². The Balaban J connectivity index is 1.66. The summed E-state index contributed by atoms with van der Waals surface area (Å²) in [5.74, 6) is 0.0382. The minimum Gasteiger partial charge on any atom is -0.503 e. The molecule has 0 atom stereocenters. The maximum atomic E-state index is 12.5. The third kappa shape index (κ3) is 6.45. The summed E-state index contributed by atoms with van der Waals surface area (Å²) >= 11 is 0. The fourth-order valence-corrected chi connectivity index (χ4v) is 3.37. The van der Waals surface area contributed by atoms with Gasteiger partial charge in [-0.05, 0) is 59.0 Å². The van der Waals surface area contributed by atoms with Gasteiger partial charge in [0.25, 0.3) is 0 Å². The third-order valence-corrected chi connectivity index (χ3v) is 5.30. The average molecular weight is 457 g/mol. The molecule has 3 aromatic carbocycles. The summed E-state index contributed by atoms with van der Waals surface area (Å²) in [7, 11) is 2.80. The minimum absolute atomic E-state index is 0.0797. The minimum atomic E-state index is -0.494. The molecule has 0 spiro atoms. The molecule has 3 aromatic rings. The Hall–Kier alpha value is -4.12. The highest BCUT2D eigenvalue weighted by Gasteiger charge is 2.17. The maximum absolute atomic E-state index is 12.5. The molecule has 0 N–H and O–H groups in total. The second-order valence-electron chi connectivity index (χ2n) is 7.52. The molecule has 0 aromatic heterocycles. The SMILES string of the molecule is CCc1ccc(/C=C/C(=O)c2ccc(OCc3ccccc3/C(=C\OC)C(=O)OC)cc2)cc1. The van der Waals surface area contributed by atoms with E-state index >= 15 is 0 Å². The van der Waals surface area contributed by atoms with E-state index in [1.54, 1.807) is 30.3 Å². The standard InChI is InChI=1S/C29H28O5/c1-4-21-9-11-22(12-10-21)13-18-28(30)23-14-16-25(17-15-23)34-19-24-7-5-6-8-26(24)27(20-32-2)29(31)33-3/h5-18,20H,4,19H2,1-3H3/b18-13+,27-20+. The van der Waals surface area contributed by atoms with Crippen molar-refractivity contribution in [3.63, 3.8) is 0 Å². The highest BCUT2D eigenvalue weighted by atomic mass is 16.5. The third-order valence-electron chi connectivity index (χ3n) is 5.30. The Morgan fingerprint density at radius 2 is 1.59 bits per heavy atom. The number of rotatable bonds is 10. The van der Waals surface area contributed by atoms with Gasteiger partial charge in [0.2, 0.25) is 0 Å². The molecule has 0 saturated carbocycles. The summed E-state index contributed by atoms with van der Waals surface area (Å²) in [6, 6.07) is 22.5. The van der Waals surface area contributed by atoms with Crippen LogP contribution in [0.2, 0.25) is 0 Å². The number of ether oxygens (including phenoxy) is 3. The van der Waals surface area contributed by atoms with Crippen LogP contribution in [0.15, 0.2) is 85.1 Å². The first kappa shape index (κ1) is 24.5. The molecule has 0 amide bonds. The van der Waals surface area contributed by atoms with Crippen LogP contribution >= 0.6 is 0 Å². The molecule has 0 aliphatic rings. The van der Waals surface area contributed by atoms with Crippen LogP contribution in [0.5, 0.6) is 5.75 Å². The fourth-order valence-electron chi connectivity index (χ4n) is 3.37. The smallest absolute Gasteiger partial charge is 0.341 e. The van der Waals surface area contributed by atoms with Gasteiger partial charge in [0.05, 0.1) is 20.5 Å². The highest BCUT2D eigenvalue weighted by Crippen LogP contribution is 2.23. The normalized spacial score (nSPS) is 11.3.